The van der Waals surface area contributed by atoms with Crippen molar-refractivity contribution in [3.8, 4) is 0 Å². The molecule has 0 saturated heterocycles. The zero-order valence-electron chi connectivity index (χ0n) is 7.81. The van der Waals surface area contributed by atoms with Crippen LogP contribution in [0.25, 0.3) is 0 Å². The fourth-order valence-electron chi connectivity index (χ4n) is 0.684. The quantitative estimate of drug-likeness (QED) is 0.419. The van der Waals surface area contributed by atoms with Gasteiger partial charge in [0.15, 0.2) is 0 Å². The first kappa shape index (κ1) is 19.7. The first-order valence-corrected chi connectivity index (χ1v) is 3.11. The van der Waals surface area contributed by atoms with Crippen molar-refractivity contribution >= 4 is 44.1 Å². The van der Waals surface area contributed by atoms with Crippen molar-refractivity contribution in [2.24, 2.45) is 0 Å². The SMILES string of the molecule is O=C([O-])CC(O)(CC(=O)[O-])C(=O)[O-].[BiH+2].[NH4+]. The largest absolute Gasteiger partial charge is 0.369 e. The van der Waals surface area contributed by atoms with Crippen molar-refractivity contribution in [1.82, 2.24) is 6.15 Å². The Labute approximate surface area is 104 Å². The van der Waals surface area contributed by atoms with Crippen LogP contribution in [0.15, 0.2) is 0 Å². The van der Waals surface area contributed by atoms with Crippen LogP contribution in [-0.2, 0) is 14.4 Å². The van der Waals surface area contributed by atoms with E-state index < -0.39 is 36.4 Å². The first-order chi connectivity index (χ1) is 5.78. The molecule has 0 saturated carbocycles. The summed E-state index contributed by atoms with van der Waals surface area (Å²) in [5, 5.41) is 38.9. The van der Waals surface area contributed by atoms with Gasteiger partial charge in [-0.25, -0.2) is 0 Å². The number of carboxylic acid groups (broad SMARTS) is 3. The number of hydrogen-bond donors (Lipinski definition) is 2. The third-order valence-electron chi connectivity index (χ3n) is 1.25. The molecule has 0 atom stereocenters. The third-order valence-corrected chi connectivity index (χ3v) is 1.25. The zero-order valence-corrected chi connectivity index (χ0v) is 11.7. The average molecular weight is 417 g/mol. The Morgan fingerprint density at radius 3 is 1.40 bits per heavy atom. The summed E-state index contributed by atoms with van der Waals surface area (Å²) in [4.78, 5) is 30.0. The molecule has 8 nitrogen and oxygen atoms in total. The van der Waals surface area contributed by atoms with E-state index in [1.807, 2.05) is 0 Å². The topological polar surface area (TPSA) is 177 Å². The minimum Gasteiger partial charge on any atom is -0.369 e. The molecular formula is C6H10BiNO7. The molecule has 86 valence electrons. The van der Waals surface area contributed by atoms with Gasteiger partial charge in [0.2, 0.25) is 0 Å². The van der Waals surface area contributed by atoms with Gasteiger partial charge in [-0.1, -0.05) is 0 Å². The van der Waals surface area contributed by atoms with Gasteiger partial charge in [0.1, 0.15) is 5.60 Å². The Morgan fingerprint density at radius 1 is 1.00 bits per heavy atom. The smallest absolute Gasteiger partial charge is 0.369 e. The van der Waals surface area contributed by atoms with Gasteiger partial charge in [0.25, 0.3) is 0 Å². The van der Waals surface area contributed by atoms with Gasteiger partial charge in [-0.2, -0.15) is 0 Å². The van der Waals surface area contributed by atoms with Gasteiger partial charge >= 0.3 is 26.2 Å². The molecule has 0 aliphatic carbocycles. The Bertz CT molecular complexity index is 238. The summed E-state index contributed by atoms with van der Waals surface area (Å²) < 4.78 is 0. The number of carbonyl (C=O) groups excluding carboxylic acids is 3. The number of hydrogen-bond acceptors (Lipinski definition) is 7. The van der Waals surface area contributed by atoms with Crippen molar-refractivity contribution in [3.05, 3.63) is 0 Å². The van der Waals surface area contributed by atoms with Crippen molar-refractivity contribution in [1.29, 1.82) is 0 Å². The van der Waals surface area contributed by atoms with Crippen molar-refractivity contribution in [3.63, 3.8) is 0 Å². The van der Waals surface area contributed by atoms with Gasteiger partial charge < -0.3 is 41.0 Å². The summed E-state index contributed by atoms with van der Waals surface area (Å²) in [5.74, 6) is -5.98. The second-order valence-electron chi connectivity index (χ2n) is 2.42. The van der Waals surface area contributed by atoms with E-state index in [9.17, 15) is 29.7 Å². The van der Waals surface area contributed by atoms with E-state index in [4.69, 9.17) is 5.11 Å². The molecule has 5 N–H and O–H groups in total. The van der Waals surface area contributed by atoms with E-state index in [-0.39, 0.29) is 32.4 Å². The van der Waals surface area contributed by atoms with Crippen LogP contribution in [-0.4, -0.2) is 54.8 Å². The number of carbonyl (C=O) groups is 3. The van der Waals surface area contributed by atoms with E-state index in [0.717, 1.165) is 0 Å². The molecule has 0 aromatic rings. The van der Waals surface area contributed by atoms with Crippen molar-refractivity contribution in [2.75, 3.05) is 0 Å². The Kier molecular flexibility index (Phi) is 9.86. The average Bonchev–Trinajstić information content (AvgIpc) is 1.82. The summed E-state index contributed by atoms with van der Waals surface area (Å²) in [5.41, 5.74) is -2.97. The van der Waals surface area contributed by atoms with Crippen molar-refractivity contribution < 1.29 is 34.8 Å². The van der Waals surface area contributed by atoms with Crippen molar-refractivity contribution in [2.45, 2.75) is 18.4 Å². The predicted octanol–water partition coefficient (Wildman–Crippen LogP) is -5.52. The molecule has 2 radical (unpaired) electrons. The van der Waals surface area contributed by atoms with Gasteiger partial charge in [0.05, 0.1) is 5.97 Å². The monoisotopic (exact) mass is 417 g/mol. The van der Waals surface area contributed by atoms with E-state index in [1.54, 1.807) is 0 Å². The van der Waals surface area contributed by atoms with Crippen LogP contribution in [0.2, 0.25) is 0 Å². The molecular weight excluding hydrogens is 407 g/mol. The molecule has 0 rings (SSSR count). The second-order valence-corrected chi connectivity index (χ2v) is 2.42. The Morgan fingerprint density at radius 2 is 1.27 bits per heavy atom. The van der Waals surface area contributed by atoms with Crippen LogP contribution in [0.3, 0.4) is 0 Å². The molecule has 0 aromatic carbocycles. The number of aliphatic carboxylic acids is 3. The number of quaternary nitrogens is 1. The van der Waals surface area contributed by atoms with Crippen LogP contribution in [0.5, 0.6) is 0 Å². The summed E-state index contributed by atoms with van der Waals surface area (Å²) in [6.45, 7) is 0. The standard InChI is InChI=1S/C6H8O7.Bi.H3N.H/c7-3(8)1-6(13,5(11)12)2-4(9)10;;;/h13H,1-2H2,(H,7,8)(H,9,10)(H,11,12);;1H3;/q;+2;;/p-2. The van der Waals surface area contributed by atoms with Gasteiger partial charge in [-0.15, -0.1) is 0 Å². The molecule has 0 amide bonds. The summed E-state index contributed by atoms with van der Waals surface area (Å²) in [6.07, 6.45) is -2.72. The Hall–Kier alpha value is -0.787. The summed E-state index contributed by atoms with van der Waals surface area (Å²) >= 11 is 0. The molecule has 0 spiro atoms. The predicted molar refractivity (Wildman–Crippen MR) is 42.3 cm³/mol. The molecule has 0 unspecified atom stereocenters. The second kappa shape index (κ2) is 7.50. The van der Waals surface area contributed by atoms with Crippen LogP contribution < -0.4 is 21.5 Å². The molecule has 0 aliphatic heterocycles. The first-order valence-electron chi connectivity index (χ1n) is 3.11. The van der Waals surface area contributed by atoms with Crippen LogP contribution in [0.1, 0.15) is 12.8 Å². The van der Waals surface area contributed by atoms with Gasteiger partial charge in [-0.05, 0) is 0 Å². The molecule has 0 heterocycles. The maximum absolute atomic E-state index is 10.1. The minimum absolute atomic E-state index is 0. The Balaban J connectivity index is -0.000000720. The normalized spacial score (nSPS) is 9.40. The molecule has 0 bridgehead atoms. The molecule has 0 aliphatic rings. The fraction of sp³-hybridized carbons (Fsp3) is 0.500. The molecule has 0 fully saturated rings. The number of carboxylic acids is 3. The molecule has 9 heteroatoms. The molecule has 15 heavy (non-hydrogen) atoms. The maximum atomic E-state index is 10.1. The van der Waals surface area contributed by atoms with Gasteiger partial charge in [-0.3, -0.25) is 0 Å². The minimum atomic E-state index is -2.97. The summed E-state index contributed by atoms with van der Waals surface area (Å²) in [7, 11) is 0. The summed E-state index contributed by atoms with van der Waals surface area (Å²) in [6, 6.07) is 0. The number of aliphatic hydroxyl groups is 1. The fourth-order valence-corrected chi connectivity index (χ4v) is 0.684. The van der Waals surface area contributed by atoms with E-state index >= 15 is 0 Å². The van der Waals surface area contributed by atoms with E-state index in [0.29, 0.717) is 0 Å². The van der Waals surface area contributed by atoms with Crippen LogP contribution in [0.4, 0.5) is 0 Å². The molecule has 0 aromatic heterocycles. The van der Waals surface area contributed by atoms with E-state index in [1.165, 1.54) is 0 Å². The number of rotatable bonds is 5. The maximum Gasteiger partial charge on any atom is -0.369 e. The van der Waals surface area contributed by atoms with Crippen LogP contribution in [0, 0.1) is 0 Å². The third kappa shape index (κ3) is 7.18. The zero-order chi connectivity index (χ0) is 10.6. The van der Waals surface area contributed by atoms with Crippen LogP contribution >= 0.6 is 0 Å². The van der Waals surface area contributed by atoms with E-state index in [2.05, 4.69) is 0 Å². The van der Waals surface area contributed by atoms with Gasteiger partial charge in [0, 0.05) is 24.8 Å².